The van der Waals surface area contributed by atoms with Crippen LogP contribution in [0.5, 0.6) is 5.75 Å². The average Bonchev–Trinajstić information content (AvgIpc) is 2.72. The van der Waals surface area contributed by atoms with E-state index < -0.39 is 5.97 Å². The van der Waals surface area contributed by atoms with Crippen LogP contribution in [0, 0.1) is 0 Å². The van der Waals surface area contributed by atoms with Gasteiger partial charge in [-0.3, -0.25) is 14.4 Å². The number of anilines is 1. The molecule has 8 heteroatoms. The van der Waals surface area contributed by atoms with Crippen molar-refractivity contribution in [2.24, 2.45) is 0 Å². The van der Waals surface area contributed by atoms with E-state index >= 15 is 0 Å². The molecule has 0 radical (unpaired) electrons. The van der Waals surface area contributed by atoms with Crippen LogP contribution in [0.15, 0.2) is 48.6 Å². The third-order valence-electron chi connectivity index (χ3n) is 4.05. The third-order valence-corrected chi connectivity index (χ3v) is 4.91. The summed E-state index contributed by atoms with van der Waals surface area (Å²) in [6.45, 7) is 5.01. The van der Waals surface area contributed by atoms with Crippen molar-refractivity contribution in [3.63, 3.8) is 0 Å². The summed E-state index contributed by atoms with van der Waals surface area (Å²) in [5, 5.41) is 11.4. The highest BCUT2D eigenvalue weighted by molar-refractivity contribution is 6.45. The van der Waals surface area contributed by atoms with Gasteiger partial charge in [-0.15, -0.1) is 0 Å². The van der Waals surface area contributed by atoms with Crippen molar-refractivity contribution < 1.29 is 24.2 Å². The van der Waals surface area contributed by atoms with Crippen LogP contribution in [0.2, 0.25) is 10.0 Å². The number of aliphatic carboxylic acids is 1. The summed E-state index contributed by atoms with van der Waals surface area (Å²) in [6.07, 6.45) is 0.490. The second-order valence-corrected chi connectivity index (χ2v) is 6.82. The van der Waals surface area contributed by atoms with Gasteiger partial charge in [0.2, 0.25) is 0 Å². The maximum atomic E-state index is 12.3. The maximum Gasteiger partial charge on any atom is 0.322 e. The molecule has 0 heterocycles. The van der Waals surface area contributed by atoms with Gasteiger partial charge in [0.15, 0.2) is 18.2 Å². The number of carbonyl (C=O) groups is 3. The van der Waals surface area contributed by atoms with E-state index in [-0.39, 0.29) is 46.1 Å². The van der Waals surface area contributed by atoms with Crippen LogP contribution >= 0.6 is 23.2 Å². The normalized spacial score (nSPS) is 10.3. The van der Waals surface area contributed by atoms with E-state index in [4.69, 9.17) is 33.0 Å². The summed E-state index contributed by atoms with van der Waals surface area (Å²) in [6, 6.07) is 9.28. The second kappa shape index (κ2) is 10.1. The molecule has 0 aromatic heterocycles. The third kappa shape index (κ3) is 5.82. The smallest absolute Gasteiger partial charge is 0.322 e. The number of Topliss-reactive ketones (excluding diaryl/α,β-unsaturated/α-hetero) is 2. The molecule has 152 valence electrons. The van der Waals surface area contributed by atoms with Crippen molar-refractivity contribution in [3.05, 3.63) is 69.7 Å². The summed E-state index contributed by atoms with van der Waals surface area (Å²) >= 11 is 12.4. The van der Waals surface area contributed by atoms with Gasteiger partial charge in [-0.1, -0.05) is 36.7 Å². The van der Waals surface area contributed by atoms with Crippen LogP contribution in [-0.2, 0) is 4.79 Å². The van der Waals surface area contributed by atoms with E-state index in [2.05, 4.69) is 11.9 Å². The molecule has 0 aliphatic heterocycles. The van der Waals surface area contributed by atoms with Crippen LogP contribution in [0.3, 0.4) is 0 Å². The lowest BCUT2D eigenvalue weighted by Crippen LogP contribution is -2.14. The number of benzene rings is 2. The minimum absolute atomic E-state index is 0.0439. The molecule has 0 saturated carbocycles. The summed E-state index contributed by atoms with van der Waals surface area (Å²) in [7, 11) is 0. The molecule has 0 saturated heterocycles. The van der Waals surface area contributed by atoms with E-state index in [1.54, 1.807) is 24.3 Å². The van der Waals surface area contributed by atoms with Gasteiger partial charge >= 0.3 is 5.97 Å². The first-order valence-corrected chi connectivity index (χ1v) is 9.42. The maximum absolute atomic E-state index is 12.3. The van der Waals surface area contributed by atoms with Gasteiger partial charge < -0.3 is 15.2 Å². The Labute approximate surface area is 178 Å². The Morgan fingerprint density at radius 3 is 2.31 bits per heavy atom. The van der Waals surface area contributed by atoms with Crippen LogP contribution in [0.1, 0.15) is 34.1 Å². The molecule has 2 N–H and O–H groups in total. The van der Waals surface area contributed by atoms with Crippen LogP contribution in [-0.4, -0.2) is 35.8 Å². The Morgan fingerprint density at radius 1 is 1.07 bits per heavy atom. The molecule has 2 aromatic carbocycles. The van der Waals surface area contributed by atoms with E-state index in [1.807, 2.05) is 6.92 Å². The Kier molecular flexibility index (Phi) is 7.82. The van der Waals surface area contributed by atoms with E-state index in [0.29, 0.717) is 23.2 Å². The van der Waals surface area contributed by atoms with Gasteiger partial charge in [-0.25, -0.2) is 0 Å². The zero-order chi connectivity index (χ0) is 21.6. The second-order valence-electron chi connectivity index (χ2n) is 6.06. The first-order valence-electron chi connectivity index (χ1n) is 8.66. The first kappa shape index (κ1) is 22.5. The molecule has 0 atom stereocenters. The Balaban J connectivity index is 2.05. The molecule has 29 heavy (non-hydrogen) atoms. The van der Waals surface area contributed by atoms with Crippen molar-refractivity contribution in [1.82, 2.24) is 0 Å². The van der Waals surface area contributed by atoms with E-state index in [1.165, 1.54) is 12.1 Å². The largest absolute Gasteiger partial charge is 0.484 e. The summed E-state index contributed by atoms with van der Waals surface area (Å²) in [4.78, 5) is 35.1. The van der Waals surface area contributed by atoms with Gasteiger partial charge in [0.25, 0.3) is 0 Å². The molecule has 0 spiro atoms. The SMILES string of the molecule is C=C(CC)C(=O)c1ccc(OCC(=O)c2ccc(NCC(=O)O)cc2)c(Cl)c1Cl. The number of ether oxygens (including phenoxy) is 1. The number of carboxylic acid groups (broad SMARTS) is 1. The Morgan fingerprint density at radius 2 is 1.72 bits per heavy atom. The number of carbonyl (C=O) groups excluding carboxylic acids is 2. The number of hydrogen-bond acceptors (Lipinski definition) is 5. The zero-order valence-electron chi connectivity index (χ0n) is 15.6. The minimum Gasteiger partial charge on any atom is -0.484 e. The quantitative estimate of drug-likeness (QED) is 0.407. The van der Waals surface area contributed by atoms with Crippen molar-refractivity contribution in [1.29, 1.82) is 0 Å². The standard InChI is InChI=1S/C21H19Cl2NO5/c1-3-12(2)21(28)15-8-9-17(20(23)19(15)22)29-11-16(25)13-4-6-14(7-5-13)24-10-18(26)27/h4-9,24H,2-3,10-11H2,1H3,(H,26,27). The number of rotatable bonds is 10. The van der Waals surface area contributed by atoms with Gasteiger partial charge in [-0.05, 0) is 48.4 Å². The minimum atomic E-state index is -0.985. The van der Waals surface area contributed by atoms with Gasteiger partial charge in [0.1, 0.15) is 17.3 Å². The molecule has 0 amide bonds. The number of ketones is 2. The first-order chi connectivity index (χ1) is 13.7. The molecule has 0 bridgehead atoms. The van der Waals surface area contributed by atoms with Crippen molar-refractivity contribution in [2.45, 2.75) is 13.3 Å². The number of hydrogen-bond donors (Lipinski definition) is 2. The molecular formula is C21H19Cl2NO5. The molecule has 0 aliphatic carbocycles. The van der Waals surface area contributed by atoms with Crippen molar-refractivity contribution >= 4 is 46.4 Å². The van der Waals surface area contributed by atoms with Crippen molar-refractivity contribution in [2.75, 3.05) is 18.5 Å². The highest BCUT2D eigenvalue weighted by atomic mass is 35.5. The van der Waals surface area contributed by atoms with Crippen LogP contribution in [0.4, 0.5) is 5.69 Å². The fourth-order valence-electron chi connectivity index (χ4n) is 2.35. The zero-order valence-corrected chi connectivity index (χ0v) is 17.1. The summed E-state index contributed by atoms with van der Waals surface area (Å²) in [5.74, 6) is -1.40. The topological polar surface area (TPSA) is 92.7 Å². The van der Waals surface area contributed by atoms with Gasteiger partial charge in [0.05, 0.1) is 5.02 Å². The fraction of sp³-hybridized carbons (Fsp3) is 0.190. The van der Waals surface area contributed by atoms with Crippen LogP contribution in [0.25, 0.3) is 0 Å². The molecule has 0 unspecified atom stereocenters. The number of allylic oxidation sites excluding steroid dienone is 1. The van der Waals surface area contributed by atoms with Gasteiger partial charge in [0, 0.05) is 16.8 Å². The lowest BCUT2D eigenvalue weighted by molar-refractivity contribution is -0.134. The number of halogens is 2. The monoisotopic (exact) mass is 435 g/mol. The summed E-state index contributed by atoms with van der Waals surface area (Å²) < 4.78 is 5.47. The highest BCUT2D eigenvalue weighted by Gasteiger charge is 2.18. The van der Waals surface area contributed by atoms with E-state index in [9.17, 15) is 14.4 Å². The fourth-order valence-corrected chi connectivity index (χ4v) is 2.81. The van der Waals surface area contributed by atoms with Gasteiger partial charge in [-0.2, -0.15) is 0 Å². The molecule has 2 rings (SSSR count). The van der Waals surface area contributed by atoms with E-state index in [0.717, 1.165) is 0 Å². The summed E-state index contributed by atoms with van der Waals surface area (Å²) in [5.41, 5.74) is 1.60. The van der Waals surface area contributed by atoms with Crippen molar-refractivity contribution in [3.8, 4) is 5.75 Å². The average molecular weight is 436 g/mol. The molecule has 0 aliphatic rings. The molecule has 0 fully saturated rings. The van der Waals surface area contributed by atoms with Crippen LogP contribution < -0.4 is 10.1 Å². The Hall–Kier alpha value is -2.83. The number of carboxylic acids is 1. The molecule has 2 aromatic rings. The Bertz CT molecular complexity index is 954. The highest BCUT2D eigenvalue weighted by Crippen LogP contribution is 2.35. The lowest BCUT2D eigenvalue weighted by Gasteiger charge is -2.12. The number of nitrogens with one attached hydrogen (secondary N) is 1. The molecule has 6 nitrogen and oxygen atoms in total. The molecular weight excluding hydrogens is 417 g/mol. The predicted octanol–water partition coefficient (Wildman–Crippen LogP) is 4.90. The predicted molar refractivity (Wildman–Crippen MR) is 113 cm³/mol. The lowest BCUT2D eigenvalue weighted by atomic mass is 10.0.